The molecule has 24 heavy (non-hydrogen) atoms. The minimum absolute atomic E-state index is 0.0242. The van der Waals surface area contributed by atoms with Crippen molar-refractivity contribution in [2.75, 3.05) is 38.3 Å². The molecule has 0 saturated carbocycles. The van der Waals surface area contributed by atoms with Crippen LogP contribution >= 0.6 is 0 Å². The number of rotatable bonds is 10. The van der Waals surface area contributed by atoms with Gasteiger partial charge in [0.25, 0.3) is 0 Å². The van der Waals surface area contributed by atoms with Crippen LogP contribution in [0.4, 0.5) is 5.69 Å². The van der Waals surface area contributed by atoms with Gasteiger partial charge in [-0.15, -0.1) is 0 Å². The molecular formula is C18H22N2O4. The molecule has 0 aliphatic heterocycles. The van der Waals surface area contributed by atoms with Crippen molar-refractivity contribution in [2.24, 2.45) is 5.73 Å². The van der Waals surface area contributed by atoms with Crippen molar-refractivity contribution in [1.82, 2.24) is 0 Å². The molecule has 1 amide bonds. The quantitative estimate of drug-likeness (QED) is 0.652. The third-order valence-corrected chi connectivity index (χ3v) is 3.00. The Balaban J connectivity index is 1.60. The molecule has 0 unspecified atom stereocenters. The van der Waals surface area contributed by atoms with Gasteiger partial charge < -0.3 is 25.3 Å². The molecule has 0 aliphatic carbocycles. The maximum Gasteiger partial charge on any atom is 0.250 e. The second-order valence-corrected chi connectivity index (χ2v) is 4.92. The Morgan fingerprint density at radius 1 is 0.875 bits per heavy atom. The number of ether oxygens (including phenoxy) is 3. The molecule has 3 N–H and O–H groups in total. The Kier molecular flexibility index (Phi) is 7.59. The summed E-state index contributed by atoms with van der Waals surface area (Å²) in [7, 11) is 0. The third-order valence-electron chi connectivity index (χ3n) is 3.00. The van der Waals surface area contributed by atoms with Crippen molar-refractivity contribution in [3.05, 3.63) is 54.6 Å². The van der Waals surface area contributed by atoms with Crippen molar-refractivity contribution in [1.29, 1.82) is 0 Å². The molecule has 128 valence electrons. The van der Waals surface area contributed by atoms with Crippen LogP contribution in [-0.4, -0.2) is 38.9 Å². The monoisotopic (exact) mass is 330 g/mol. The summed E-state index contributed by atoms with van der Waals surface area (Å²) < 4.78 is 16.1. The van der Waals surface area contributed by atoms with E-state index < -0.39 is 0 Å². The highest BCUT2D eigenvalue weighted by atomic mass is 16.5. The minimum Gasteiger partial charge on any atom is -0.492 e. The number of hydrogen-bond donors (Lipinski definition) is 2. The van der Waals surface area contributed by atoms with Crippen molar-refractivity contribution >= 4 is 11.6 Å². The van der Waals surface area contributed by atoms with Gasteiger partial charge in [-0.25, -0.2) is 0 Å². The van der Waals surface area contributed by atoms with Crippen LogP contribution in [-0.2, 0) is 9.53 Å². The summed E-state index contributed by atoms with van der Waals surface area (Å²) in [5.41, 5.74) is 6.05. The zero-order valence-electron chi connectivity index (χ0n) is 13.4. The fourth-order valence-corrected chi connectivity index (χ4v) is 1.91. The van der Waals surface area contributed by atoms with Gasteiger partial charge in [0.05, 0.1) is 6.61 Å². The topological polar surface area (TPSA) is 82.8 Å². The predicted molar refractivity (Wildman–Crippen MR) is 92.4 cm³/mol. The van der Waals surface area contributed by atoms with E-state index in [1.165, 1.54) is 0 Å². The number of benzene rings is 2. The van der Waals surface area contributed by atoms with Gasteiger partial charge in [0, 0.05) is 12.2 Å². The van der Waals surface area contributed by atoms with E-state index in [0.717, 1.165) is 5.75 Å². The average molecular weight is 330 g/mol. The van der Waals surface area contributed by atoms with Gasteiger partial charge in [0.2, 0.25) is 5.91 Å². The maximum atomic E-state index is 11.8. The number of carbonyl (C=O) groups excluding carboxylic acids is 1. The Morgan fingerprint density at radius 3 is 2.25 bits per heavy atom. The Bertz CT molecular complexity index is 602. The molecule has 0 spiro atoms. The van der Waals surface area contributed by atoms with Gasteiger partial charge in [0.15, 0.2) is 0 Å². The van der Waals surface area contributed by atoms with Crippen molar-refractivity contribution < 1.29 is 19.0 Å². The lowest BCUT2D eigenvalue weighted by Gasteiger charge is -2.09. The SMILES string of the molecule is NCCOc1ccc(NC(=O)COCCOc2ccccc2)cc1. The Morgan fingerprint density at radius 2 is 1.54 bits per heavy atom. The van der Waals surface area contributed by atoms with E-state index in [4.69, 9.17) is 19.9 Å². The molecule has 6 heteroatoms. The van der Waals surface area contributed by atoms with E-state index in [9.17, 15) is 4.79 Å². The highest BCUT2D eigenvalue weighted by Crippen LogP contribution is 2.15. The van der Waals surface area contributed by atoms with Crippen LogP contribution in [0, 0.1) is 0 Å². The number of amides is 1. The van der Waals surface area contributed by atoms with Crippen LogP contribution in [0.5, 0.6) is 11.5 Å². The first kappa shape index (κ1) is 17.8. The van der Waals surface area contributed by atoms with E-state index in [1.807, 2.05) is 30.3 Å². The molecule has 0 saturated heterocycles. The molecule has 0 heterocycles. The molecule has 2 aromatic rings. The van der Waals surface area contributed by atoms with E-state index in [-0.39, 0.29) is 12.5 Å². The lowest BCUT2D eigenvalue weighted by Crippen LogP contribution is -2.20. The number of nitrogens with one attached hydrogen (secondary N) is 1. The van der Waals surface area contributed by atoms with Gasteiger partial charge in [0.1, 0.15) is 31.3 Å². The van der Waals surface area contributed by atoms with E-state index in [0.29, 0.717) is 37.8 Å². The molecule has 0 fully saturated rings. The van der Waals surface area contributed by atoms with Crippen molar-refractivity contribution in [3.63, 3.8) is 0 Å². The van der Waals surface area contributed by atoms with Crippen LogP contribution < -0.4 is 20.5 Å². The van der Waals surface area contributed by atoms with E-state index in [1.54, 1.807) is 24.3 Å². The average Bonchev–Trinajstić information content (AvgIpc) is 2.62. The number of anilines is 1. The molecule has 6 nitrogen and oxygen atoms in total. The largest absolute Gasteiger partial charge is 0.492 e. The summed E-state index contributed by atoms with van der Waals surface area (Å²) in [6, 6.07) is 16.5. The summed E-state index contributed by atoms with van der Waals surface area (Å²) in [5, 5.41) is 2.75. The van der Waals surface area contributed by atoms with Gasteiger partial charge in [-0.2, -0.15) is 0 Å². The first-order chi connectivity index (χ1) is 11.8. The predicted octanol–water partition coefficient (Wildman–Crippen LogP) is 2.06. The Hall–Kier alpha value is -2.57. The van der Waals surface area contributed by atoms with Gasteiger partial charge in [-0.05, 0) is 36.4 Å². The molecule has 0 radical (unpaired) electrons. The first-order valence-electron chi connectivity index (χ1n) is 7.76. The van der Waals surface area contributed by atoms with Crippen molar-refractivity contribution in [3.8, 4) is 11.5 Å². The van der Waals surface area contributed by atoms with Crippen LogP contribution in [0.15, 0.2) is 54.6 Å². The summed E-state index contributed by atoms with van der Waals surface area (Å²) in [6.45, 7) is 1.64. The number of nitrogens with two attached hydrogens (primary N) is 1. The lowest BCUT2D eigenvalue weighted by atomic mass is 10.3. The second-order valence-electron chi connectivity index (χ2n) is 4.92. The smallest absolute Gasteiger partial charge is 0.250 e. The van der Waals surface area contributed by atoms with Crippen LogP contribution in [0.3, 0.4) is 0 Å². The number of carbonyl (C=O) groups is 1. The first-order valence-corrected chi connectivity index (χ1v) is 7.76. The van der Waals surface area contributed by atoms with Crippen molar-refractivity contribution in [2.45, 2.75) is 0 Å². The minimum atomic E-state index is -0.217. The summed E-state index contributed by atoms with van der Waals surface area (Å²) in [6.07, 6.45) is 0. The zero-order chi connectivity index (χ0) is 17.0. The maximum absolute atomic E-state index is 11.8. The van der Waals surface area contributed by atoms with Gasteiger partial charge in [-0.1, -0.05) is 18.2 Å². The van der Waals surface area contributed by atoms with Gasteiger partial charge >= 0.3 is 0 Å². The number of hydrogen-bond acceptors (Lipinski definition) is 5. The highest BCUT2D eigenvalue weighted by molar-refractivity contribution is 5.91. The fourth-order valence-electron chi connectivity index (χ4n) is 1.91. The lowest BCUT2D eigenvalue weighted by molar-refractivity contribution is -0.120. The van der Waals surface area contributed by atoms with E-state index >= 15 is 0 Å². The highest BCUT2D eigenvalue weighted by Gasteiger charge is 2.03. The second kappa shape index (κ2) is 10.3. The van der Waals surface area contributed by atoms with Gasteiger partial charge in [-0.3, -0.25) is 4.79 Å². The molecule has 0 bridgehead atoms. The Labute approximate surface area is 141 Å². The molecule has 0 aliphatic rings. The summed E-state index contributed by atoms with van der Waals surface area (Å²) in [4.78, 5) is 11.8. The summed E-state index contributed by atoms with van der Waals surface area (Å²) in [5.74, 6) is 1.28. The van der Waals surface area contributed by atoms with Crippen LogP contribution in [0.25, 0.3) is 0 Å². The molecule has 2 aromatic carbocycles. The molecule has 2 rings (SSSR count). The molecule has 0 atom stereocenters. The molecular weight excluding hydrogens is 308 g/mol. The normalized spacial score (nSPS) is 10.2. The molecule has 0 aromatic heterocycles. The summed E-state index contributed by atoms with van der Waals surface area (Å²) >= 11 is 0. The fraction of sp³-hybridized carbons (Fsp3) is 0.278. The van der Waals surface area contributed by atoms with E-state index in [2.05, 4.69) is 5.32 Å². The van der Waals surface area contributed by atoms with Crippen LogP contribution in [0.2, 0.25) is 0 Å². The zero-order valence-corrected chi connectivity index (χ0v) is 13.4. The number of para-hydroxylation sites is 1. The standard InChI is InChI=1S/C18H22N2O4/c19-10-11-23-17-8-6-15(7-9-17)20-18(21)14-22-12-13-24-16-4-2-1-3-5-16/h1-9H,10-14,19H2,(H,20,21). The van der Waals surface area contributed by atoms with Crippen LogP contribution in [0.1, 0.15) is 0 Å². The third kappa shape index (κ3) is 6.68.